The molecule has 1 aromatic heterocycles. The highest BCUT2D eigenvalue weighted by Crippen LogP contribution is 2.22. The molecule has 0 spiro atoms. The summed E-state index contributed by atoms with van der Waals surface area (Å²) in [7, 11) is 0. The first-order valence-corrected chi connectivity index (χ1v) is 6.38. The van der Waals surface area contributed by atoms with E-state index in [1.807, 2.05) is 19.1 Å². The third-order valence-electron chi connectivity index (χ3n) is 2.99. The molecule has 0 bridgehead atoms. The molecule has 2 aromatic rings. The predicted molar refractivity (Wildman–Crippen MR) is 77.4 cm³/mol. The zero-order valence-corrected chi connectivity index (χ0v) is 11.3. The highest BCUT2D eigenvalue weighted by Gasteiger charge is 2.04. The van der Waals surface area contributed by atoms with Crippen molar-refractivity contribution in [3.8, 4) is 11.3 Å². The van der Waals surface area contributed by atoms with Crippen LogP contribution in [0.5, 0.6) is 0 Å². The van der Waals surface area contributed by atoms with Gasteiger partial charge in [0, 0.05) is 5.56 Å². The van der Waals surface area contributed by atoms with Gasteiger partial charge in [-0.3, -0.25) is 4.98 Å². The molecule has 0 aliphatic carbocycles. The number of anilines is 1. The Labute approximate surface area is 109 Å². The SMILES string of the molecule is Cc1nc(-c2cccc(CC(C)C)c2)ccc1N. The summed E-state index contributed by atoms with van der Waals surface area (Å²) in [5.74, 6) is 0.668. The standard InChI is InChI=1S/C16H20N2/c1-11(2)9-13-5-4-6-14(10-13)16-8-7-15(17)12(3)18-16/h4-8,10-11H,9,17H2,1-3H3. The van der Waals surface area contributed by atoms with Crippen LogP contribution in [-0.2, 0) is 6.42 Å². The number of pyridine rings is 1. The van der Waals surface area contributed by atoms with Gasteiger partial charge in [0.1, 0.15) is 0 Å². The van der Waals surface area contributed by atoms with Gasteiger partial charge < -0.3 is 5.73 Å². The fraction of sp³-hybridized carbons (Fsp3) is 0.312. The summed E-state index contributed by atoms with van der Waals surface area (Å²) < 4.78 is 0. The van der Waals surface area contributed by atoms with Crippen LogP contribution in [0.1, 0.15) is 25.1 Å². The number of hydrogen-bond acceptors (Lipinski definition) is 2. The van der Waals surface area contributed by atoms with Crippen molar-refractivity contribution in [2.24, 2.45) is 5.92 Å². The number of hydrogen-bond donors (Lipinski definition) is 1. The largest absolute Gasteiger partial charge is 0.397 e. The van der Waals surface area contributed by atoms with Crippen molar-refractivity contribution < 1.29 is 0 Å². The lowest BCUT2D eigenvalue weighted by atomic mass is 10.00. The maximum Gasteiger partial charge on any atom is 0.0706 e. The lowest BCUT2D eigenvalue weighted by Crippen LogP contribution is -1.96. The average molecular weight is 240 g/mol. The summed E-state index contributed by atoms with van der Waals surface area (Å²) in [4.78, 5) is 4.54. The minimum Gasteiger partial charge on any atom is -0.397 e. The minimum atomic E-state index is 0.668. The zero-order valence-electron chi connectivity index (χ0n) is 11.3. The lowest BCUT2D eigenvalue weighted by Gasteiger charge is -2.08. The monoisotopic (exact) mass is 240 g/mol. The summed E-state index contributed by atoms with van der Waals surface area (Å²) in [6.07, 6.45) is 1.10. The van der Waals surface area contributed by atoms with Crippen molar-refractivity contribution >= 4 is 5.69 Å². The molecule has 18 heavy (non-hydrogen) atoms. The molecule has 0 saturated heterocycles. The maximum atomic E-state index is 5.80. The molecule has 2 heteroatoms. The van der Waals surface area contributed by atoms with Crippen molar-refractivity contribution in [3.63, 3.8) is 0 Å². The second-order valence-electron chi connectivity index (χ2n) is 5.17. The van der Waals surface area contributed by atoms with Gasteiger partial charge in [0.25, 0.3) is 0 Å². The second-order valence-corrected chi connectivity index (χ2v) is 5.17. The molecule has 0 aliphatic rings. The van der Waals surface area contributed by atoms with Gasteiger partial charge in [-0.2, -0.15) is 0 Å². The Morgan fingerprint density at radius 1 is 1.17 bits per heavy atom. The smallest absolute Gasteiger partial charge is 0.0706 e. The number of nitrogen functional groups attached to an aromatic ring is 1. The highest BCUT2D eigenvalue weighted by molar-refractivity contribution is 5.62. The van der Waals surface area contributed by atoms with E-state index in [9.17, 15) is 0 Å². The normalized spacial score (nSPS) is 10.9. The van der Waals surface area contributed by atoms with Crippen LogP contribution in [-0.4, -0.2) is 4.98 Å². The molecular formula is C16H20N2. The Morgan fingerprint density at radius 2 is 1.94 bits per heavy atom. The van der Waals surface area contributed by atoms with Crippen LogP contribution < -0.4 is 5.73 Å². The zero-order chi connectivity index (χ0) is 13.1. The molecule has 1 heterocycles. The third-order valence-corrected chi connectivity index (χ3v) is 2.99. The van der Waals surface area contributed by atoms with Gasteiger partial charge in [-0.15, -0.1) is 0 Å². The summed E-state index contributed by atoms with van der Waals surface area (Å²) in [5.41, 5.74) is 11.0. The molecule has 0 saturated carbocycles. The summed E-state index contributed by atoms with van der Waals surface area (Å²) in [6, 6.07) is 12.5. The molecule has 0 aliphatic heterocycles. The summed E-state index contributed by atoms with van der Waals surface area (Å²) in [6.45, 7) is 6.41. The van der Waals surface area contributed by atoms with Gasteiger partial charge in [0.2, 0.25) is 0 Å². The van der Waals surface area contributed by atoms with E-state index in [0.29, 0.717) is 5.92 Å². The number of rotatable bonds is 3. The summed E-state index contributed by atoms with van der Waals surface area (Å²) >= 11 is 0. The van der Waals surface area contributed by atoms with Gasteiger partial charge in [0.05, 0.1) is 17.1 Å². The predicted octanol–water partition coefficient (Wildman–Crippen LogP) is 3.84. The molecule has 0 amide bonds. The van der Waals surface area contributed by atoms with Crippen LogP contribution in [0, 0.1) is 12.8 Å². The first-order valence-electron chi connectivity index (χ1n) is 6.38. The number of nitrogens with zero attached hydrogens (tertiary/aromatic N) is 1. The highest BCUT2D eigenvalue weighted by atomic mass is 14.7. The van der Waals surface area contributed by atoms with Crippen LogP contribution >= 0.6 is 0 Å². The minimum absolute atomic E-state index is 0.668. The van der Waals surface area contributed by atoms with Crippen molar-refractivity contribution in [3.05, 3.63) is 47.7 Å². The Morgan fingerprint density at radius 3 is 2.61 bits per heavy atom. The molecule has 2 nitrogen and oxygen atoms in total. The molecular weight excluding hydrogens is 220 g/mol. The molecule has 0 atom stereocenters. The molecule has 94 valence electrons. The molecule has 2 N–H and O–H groups in total. The maximum absolute atomic E-state index is 5.80. The third kappa shape index (κ3) is 2.89. The van der Waals surface area contributed by atoms with E-state index in [2.05, 4.69) is 43.1 Å². The first kappa shape index (κ1) is 12.6. The van der Waals surface area contributed by atoms with E-state index < -0.39 is 0 Å². The number of aryl methyl sites for hydroxylation is 1. The van der Waals surface area contributed by atoms with Crippen LogP contribution in [0.25, 0.3) is 11.3 Å². The Hall–Kier alpha value is -1.83. The Bertz CT molecular complexity index is 545. The lowest BCUT2D eigenvalue weighted by molar-refractivity contribution is 0.647. The average Bonchev–Trinajstić information content (AvgIpc) is 2.32. The molecule has 0 unspecified atom stereocenters. The molecule has 0 fully saturated rings. The number of nitrogens with two attached hydrogens (primary N) is 1. The first-order chi connectivity index (χ1) is 8.56. The summed E-state index contributed by atoms with van der Waals surface area (Å²) in [5, 5.41) is 0. The number of aromatic nitrogens is 1. The van der Waals surface area contributed by atoms with Gasteiger partial charge >= 0.3 is 0 Å². The van der Waals surface area contributed by atoms with Gasteiger partial charge in [-0.05, 0) is 43.0 Å². The van der Waals surface area contributed by atoms with E-state index in [4.69, 9.17) is 5.73 Å². The number of benzene rings is 1. The van der Waals surface area contributed by atoms with Crippen molar-refractivity contribution in [2.75, 3.05) is 5.73 Å². The fourth-order valence-corrected chi connectivity index (χ4v) is 2.06. The van der Waals surface area contributed by atoms with Crippen molar-refractivity contribution in [1.82, 2.24) is 4.98 Å². The molecule has 2 rings (SSSR count). The van der Waals surface area contributed by atoms with Crippen LogP contribution in [0.3, 0.4) is 0 Å². The van der Waals surface area contributed by atoms with E-state index in [1.54, 1.807) is 0 Å². The van der Waals surface area contributed by atoms with E-state index in [-0.39, 0.29) is 0 Å². The van der Waals surface area contributed by atoms with Crippen molar-refractivity contribution in [2.45, 2.75) is 27.2 Å². The van der Waals surface area contributed by atoms with Crippen LogP contribution in [0.4, 0.5) is 5.69 Å². The Balaban J connectivity index is 2.35. The van der Waals surface area contributed by atoms with Gasteiger partial charge in [-0.1, -0.05) is 32.0 Å². The Kier molecular flexibility index (Phi) is 3.66. The molecule has 1 aromatic carbocycles. The second kappa shape index (κ2) is 5.21. The quantitative estimate of drug-likeness (QED) is 0.885. The topological polar surface area (TPSA) is 38.9 Å². The van der Waals surface area contributed by atoms with Gasteiger partial charge in [0.15, 0.2) is 0 Å². The van der Waals surface area contributed by atoms with Crippen LogP contribution in [0.2, 0.25) is 0 Å². The van der Waals surface area contributed by atoms with E-state index in [1.165, 1.54) is 5.56 Å². The van der Waals surface area contributed by atoms with E-state index in [0.717, 1.165) is 29.1 Å². The van der Waals surface area contributed by atoms with Crippen LogP contribution in [0.15, 0.2) is 36.4 Å². The van der Waals surface area contributed by atoms with Crippen molar-refractivity contribution in [1.29, 1.82) is 0 Å². The fourth-order valence-electron chi connectivity index (χ4n) is 2.06. The van der Waals surface area contributed by atoms with Gasteiger partial charge in [-0.25, -0.2) is 0 Å². The molecule has 0 radical (unpaired) electrons. The van der Waals surface area contributed by atoms with E-state index >= 15 is 0 Å².